The van der Waals surface area contributed by atoms with E-state index in [1.165, 1.54) is 20.2 Å². The highest BCUT2D eigenvalue weighted by Crippen LogP contribution is 2.43. The summed E-state index contributed by atoms with van der Waals surface area (Å²) in [6.07, 6.45) is -0.0655. The molecule has 1 aliphatic heterocycles. The molecule has 1 fully saturated rings. The second kappa shape index (κ2) is 9.40. The summed E-state index contributed by atoms with van der Waals surface area (Å²) in [4.78, 5) is 44.8. The van der Waals surface area contributed by atoms with Crippen LogP contribution >= 0.6 is 11.6 Å². The van der Waals surface area contributed by atoms with Gasteiger partial charge in [0.05, 0.1) is 10.9 Å². The normalized spacial score (nSPS) is 24.1. The van der Waals surface area contributed by atoms with Gasteiger partial charge < -0.3 is 23.5 Å². The van der Waals surface area contributed by atoms with E-state index in [0.717, 1.165) is 0 Å². The number of aromatic nitrogens is 3. The highest BCUT2D eigenvalue weighted by atomic mass is 35.5. The first-order chi connectivity index (χ1) is 16.2. The van der Waals surface area contributed by atoms with Crippen LogP contribution in [-0.4, -0.2) is 56.9 Å². The van der Waals surface area contributed by atoms with Crippen LogP contribution in [0.25, 0.3) is 11.0 Å². The number of hydrogen-bond acceptors (Lipinski definition) is 9. The summed E-state index contributed by atoms with van der Waals surface area (Å²) in [5.74, 6) is -1.80. The molecule has 3 heterocycles. The van der Waals surface area contributed by atoms with Gasteiger partial charge in [0.25, 0.3) is 0 Å². The third-order valence-electron chi connectivity index (χ3n) is 5.53. The molecule has 0 spiro atoms. The number of carbonyl (C=O) groups is 3. The maximum absolute atomic E-state index is 12.5. The zero-order chi connectivity index (χ0) is 24.5. The van der Waals surface area contributed by atoms with Crippen molar-refractivity contribution in [3.63, 3.8) is 0 Å². The molecule has 0 bridgehead atoms. The van der Waals surface area contributed by atoms with Gasteiger partial charge in [-0.1, -0.05) is 29.8 Å². The van der Waals surface area contributed by atoms with Gasteiger partial charge in [-0.2, -0.15) is 0 Å². The summed E-state index contributed by atoms with van der Waals surface area (Å²) in [5, 5.41) is 0.796. The van der Waals surface area contributed by atoms with Crippen LogP contribution in [0.15, 0.2) is 48.9 Å². The van der Waals surface area contributed by atoms with Crippen molar-refractivity contribution in [3.05, 3.63) is 59.6 Å². The average molecular weight is 488 g/mol. The van der Waals surface area contributed by atoms with Crippen LogP contribution in [0, 0.1) is 0 Å². The molecule has 1 aromatic carbocycles. The molecule has 0 radical (unpaired) electrons. The van der Waals surface area contributed by atoms with Crippen molar-refractivity contribution in [1.82, 2.24) is 14.5 Å². The Morgan fingerprint density at radius 3 is 2.53 bits per heavy atom. The van der Waals surface area contributed by atoms with E-state index in [9.17, 15) is 14.4 Å². The van der Waals surface area contributed by atoms with E-state index in [0.29, 0.717) is 16.6 Å². The Kier molecular flexibility index (Phi) is 6.54. The number of esters is 3. The Morgan fingerprint density at radius 1 is 1.12 bits per heavy atom. The Hall–Kier alpha value is -3.50. The van der Waals surface area contributed by atoms with E-state index in [-0.39, 0.29) is 11.8 Å². The van der Waals surface area contributed by atoms with E-state index >= 15 is 0 Å². The zero-order valence-corrected chi connectivity index (χ0v) is 19.4. The molecule has 11 heteroatoms. The summed E-state index contributed by atoms with van der Waals surface area (Å²) in [5.41, 5.74) is -0.702. The van der Waals surface area contributed by atoms with Gasteiger partial charge in [-0.05, 0) is 25.1 Å². The molecule has 0 saturated carbocycles. The summed E-state index contributed by atoms with van der Waals surface area (Å²) >= 11 is 6.18. The second-order valence-electron chi connectivity index (χ2n) is 7.91. The van der Waals surface area contributed by atoms with E-state index < -0.39 is 41.9 Å². The smallest absolute Gasteiger partial charge is 0.338 e. The largest absolute Gasteiger partial charge is 0.459 e. The number of ether oxygens (including phenoxy) is 4. The van der Waals surface area contributed by atoms with Gasteiger partial charge in [0, 0.05) is 20.0 Å². The van der Waals surface area contributed by atoms with Crippen LogP contribution in [0.4, 0.5) is 0 Å². The number of rotatable bonds is 6. The first-order valence-corrected chi connectivity index (χ1v) is 10.8. The summed E-state index contributed by atoms with van der Waals surface area (Å²) in [6, 6.07) is 10.1. The van der Waals surface area contributed by atoms with Crippen LogP contribution < -0.4 is 0 Å². The second-order valence-corrected chi connectivity index (χ2v) is 8.27. The molecule has 0 N–H and O–H groups in total. The Bertz CT molecular complexity index is 1230. The predicted octanol–water partition coefficient (Wildman–Crippen LogP) is 3.09. The summed E-state index contributed by atoms with van der Waals surface area (Å²) < 4.78 is 24.5. The zero-order valence-electron chi connectivity index (χ0n) is 18.6. The van der Waals surface area contributed by atoms with Crippen LogP contribution in [0.5, 0.6) is 0 Å². The third kappa shape index (κ3) is 4.46. The fraction of sp³-hybridized carbons (Fsp3) is 0.348. The van der Waals surface area contributed by atoms with Gasteiger partial charge in [-0.15, -0.1) is 0 Å². The molecule has 1 saturated heterocycles. The molecule has 3 aromatic rings. The number of hydrogen-bond donors (Lipinski definition) is 0. The minimum absolute atomic E-state index is 0.238. The number of nitrogens with zero attached hydrogens (tertiary/aromatic N) is 3. The lowest BCUT2D eigenvalue weighted by molar-refractivity contribution is -0.182. The van der Waals surface area contributed by atoms with Crippen molar-refractivity contribution in [2.24, 2.45) is 0 Å². The number of fused-ring (bicyclic) bond motifs is 1. The van der Waals surface area contributed by atoms with Gasteiger partial charge >= 0.3 is 17.9 Å². The predicted molar refractivity (Wildman–Crippen MR) is 119 cm³/mol. The number of halogens is 1. The Balaban J connectivity index is 1.70. The fourth-order valence-electron chi connectivity index (χ4n) is 4.00. The highest BCUT2D eigenvalue weighted by Gasteiger charge is 2.60. The van der Waals surface area contributed by atoms with E-state index in [1.807, 2.05) is 0 Å². The molecule has 4 atom stereocenters. The van der Waals surface area contributed by atoms with Gasteiger partial charge in [-0.3, -0.25) is 9.59 Å². The summed E-state index contributed by atoms with van der Waals surface area (Å²) in [7, 11) is 0. The molecule has 0 unspecified atom stereocenters. The molecular weight excluding hydrogens is 466 g/mol. The van der Waals surface area contributed by atoms with Crippen molar-refractivity contribution in [3.8, 4) is 0 Å². The quantitative estimate of drug-likeness (QED) is 0.293. The fourth-order valence-corrected chi connectivity index (χ4v) is 4.19. The Morgan fingerprint density at radius 2 is 1.85 bits per heavy atom. The molecule has 10 nitrogen and oxygen atoms in total. The third-order valence-corrected chi connectivity index (χ3v) is 5.83. The molecule has 4 rings (SSSR count). The van der Waals surface area contributed by atoms with E-state index in [2.05, 4.69) is 9.97 Å². The number of carbonyl (C=O) groups excluding carboxylic acids is 3. The van der Waals surface area contributed by atoms with Crippen molar-refractivity contribution >= 4 is 40.5 Å². The lowest BCUT2D eigenvalue weighted by Gasteiger charge is -2.33. The van der Waals surface area contributed by atoms with Crippen molar-refractivity contribution in [2.45, 2.75) is 44.8 Å². The minimum atomic E-state index is -1.48. The Labute approximate surface area is 199 Å². The SMILES string of the molecule is CC(=O)O[C@H]1[C@H](n2ccc3c(Cl)ncnc32)O[C@H](COC(=O)c2ccccc2)[C@@]1(C)OC(C)=O. The van der Waals surface area contributed by atoms with E-state index in [4.69, 9.17) is 30.5 Å². The highest BCUT2D eigenvalue weighted by molar-refractivity contribution is 6.33. The van der Waals surface area contributed by atoms with Crippen LogP contribution in [0.3, 0.4) is 0 Å². The molecular formula is C23H22ClN3O7. The minimum Gasteiger partial charge on any atom is -0.459 e. The monoisotopic (exact) mass is 487 g/mol. The van der Waals surface area contributed by atoms with Crippen molar-refractivity contribution < 1.29 is 33.3 Å². The van der Waals surface area contributed by atoms with Crippen LogP contribution in [-0.2, 0) is 28.5 Å². The molecule has 34 heavy (non-hydrogen) atoms. The molecule has 1 aliphatic rings. The summed E-state index contributed by atoms with van der Waals surface area (Å²) in [6.45, 7) is 3.77. The average Bonchev–Trinajstić information content (AvgIpc) is 3.32. The van der Waals surface area contributed by atoms with Gasteiger partial charge in [-0.25, -0.2) is 14.8 Å². The topological polar surface area (TPSA) is 119 Å². The maximum atomic E-state index is 12.5. The first kappa shape index (κ1) is 23.7. The molecule has 178 valence electrons. The van der Waals surface area contributed by atoms with E-state index in [1.54, 1.807) is 54.1 Å². The lowest BCUT2D eigenvalue weighted by atomic mass is 9.94. The molecule has 0 amide bonds. The molecule has 2 aromatic heterocycles. The first-order valence-electron chi connectivity index (χ1n) is 10.4. The maximum Gasteiger partial charge on any atom is 0.338 e. The lowest BCUT2D eigenvalue weighted by Crippen LogP contribution is -2.51. The van der Waals surface area contributed by atoms with Gasteiger partial charge in [0.15, 0.2) is 17.9 Å². The van der Waals surface area contributed by atoms with Crippen LogP contribution in [0.2, 0.25) is 5.15 Å². The van der Waals surface area contributed by atoms with Crippen molar-refractivity contribution in [1.29, 1.82) is 0 Å². The van der Waals surface area contributed by atoms with Gasteiger partial charge in [0.1, 0.15) is 29.8 Å². The van der Waals surface area contributed by atoms with Crippen LogP contribution in [0.1, 0.15) is 37.4 Å². The molecule has 0 aliphatic carbocycles. The van der Waals surface area contributed by atoms with Gasteiger partial charge in [0.2, 0.25) is 0 Å². The van der Waals surface area contributed by atoms with Crippen molar-refractivity contribution in [2.75, 3.05) is 6.61 Å². The standard InChI is InChI=1S/C23H22ClN3O7/c1-13(28)32-18-21(27-10-9-16-19(24)25-12-26-20(16)27)33-17(23(18,3)34-14(2)29)11-31-22(30)15-7-5-4-6-8-15/h4-10,12,17-18,21H,11H2,1-3H3/t17-,18+,21-,23-/m1/s1. The number of benzene rings is 1.